The number of hydrogen-bond donors (Lipinski definition) is 0. The van der Waals surface area contributed by atoms with Gasteiger partial charge in [-0.3, -0.25) is 0 Å². The molecule has 1 aliphatic rings. The number of cyclic esters (lactones) is 2. The van der Waals surface area contributed by atoms with Crippen molar-refractivity contribution >= 4 is 6.16 Å². The Morgan fingerprint density at radius 1 is 1.78 bits per heavy atom. The molecule has 0 aromatic carbocycles. The van der Waals surface area contributed by atoms with Crippen LogP contribution in [0.1, 0.15) is 0 Å². The lowest BCUT2D eigenvalue weighted by Crippen LogP contribution is -2.04. The molecule has 48 valence electrons. The number of rotatable bonds is 0. The number of halogens is 1. The molecule has 4 heteroatoms. The van der Waals surface area contributed by atoms with Gasteiger partial charge >= 0.3 is 6.16 Å². The van der Waals surface area contributed by atoms with Gasteiger partial charge in [0.1, 0.15) is 12.8 Å². The molecule has 1 fully saturated rings. The van der Waals surface area contributed by atoms with Crippen LogP contribution in [0.4, 0.5) is 9.18 Å². The van der Waals surface area contributed by atoms with Gasteiger partial charge in [0, 0.05) is 0 Å². The topological polar surface area (TPSA) is 35.5 Å². The molecule has 3 nitrogen and oxygen atoms in total. The fourth-order valence-corrected chi connectivity index (χ4v) is 0.460. The van der Waals surface area contributed by atoms with E-state index in [9.17, 15) is 9.18 Å². The van der Waals surface area contributed by atoms with Gasteiger partial charge in [0.25, 0.3) is 0 Å². The summed E-state index contributed by atoms with van der Waals surface area (Å²) in [5, 5.41) is 0. The highest BCUT2D eigenvalue weighted by Crippen LogP contribution is 2.03. The quantitative estimate of drug-likeness (QED) is 0.353. The van der Waals surface area contributed by atoms with Crippen molar-refractivity contribution in [1.29, 1.82) is 0 Å². The molecule has 0 radical (unpaired) electrons. The first-order chi connectivity index (χ1) is 4.33. The van der Waals surface area contributed by atoms with Gasteiger partial charge in [-0.2, -0.15) is 0 Å². The van der Waals surface area contributed by atoms with Crippen LogP contribution in [0.25, 0.3) is 0 Å². The summed E-state index contributed by atoms with van der Waals surface area (Å²) in [5.41, 5.74) is 0. The Morgan fingerprint density at radius 2 is 2.56 bits per heavy atom. The predicted octanol–water partition coefficient (Wildman–Crippen LogP) is 0.452. The van der Waals surface area contributed by atoms with Crippen LogP contribution < -0.4 is 0 Å². The highest BCUT2D eigenvalue weighted by Gasteiger charge is 2.22. The van der Waals surface area contributed by atoms with E-state index in [-0.39, 0.29) is 6.61 Å². The Bertz CT molecular complexity index is 178. The van der Waals surface area contributed by atoms with Crippen LogP contribution in [0, 0.1) is 12.1 Å². The third kappa shape index (κ3) is 1.32. The molecule has 1 unspecified atom stereocenters. The first kappa shape index (κ1) is 5.89. The molecule has 0 aromatic rings. The normalized spacial score (nSPS) is 23.7. The molecule has 0 aliphatic carbocycles. The Morgan fingerprint density at radius 3 is 3.00 bits per heavy atom. The van der Waals surface area contributed by atoms with E-state index in [2.05, 4.69) is 9.47 Å². The van der Waals surface area contributed by atoms with Crippen molar-refractivity contribution in [2.45, 2.75) is 6.10 Å². The van der Waals surface area contributed by atoms with E-state index in [4.69, 9.17) is 0 Å². The summed E-state index contributed by atoms with van der Waals surface area (Å²) in [5.74, 6) is 1.99. The van der Waals surface area contributed by atoms with Gasteiger partial charge < -0.3 is 9.47 Å². The largest absolute Gasteiger partial charge is 0.509 e. The second-order valence-corrected chi connectivity index (χ2v) is 1.41. The third-order valence-electron chi connectivity index (χ3n) is 0.807. The lowest BCUT2D eigenvalue weighted by molar-refractivity contribution is 0.126. The van der Waals surface area contributed by atoms with Gasteiger partial charge in [0.05, 0.1) is 0 Å². The van der Waals surface area contributed by atoms with Crippen molar-refractivity contribution in [2.24, 2.45) is 0 Å². The smallest absolute Gasteiger partial charge is 0.429 e. The van der Waals surface area contributed by atoms with Crippen LogP contribution >= 0.6 is 0 Å². The molecule has 1 aliphatic heterocycles. The SMILES string of the molecule is O=C1OCC(C#CF)O1. The van der Waals surface area contributed by atoms with Crippen molar-refractivity contribution in [3.63, 3.8) is 0 Å². The van der Waals surface area contributed by atoms with Crippen LogP contribution in [-0.2, 0) is 9.47 Å². The van der Waals surface area contributed by atoms with E-state index in [1.54, 1.807) is 0 Å². The van der Waals surface area contributed by atoms with Gasteiger partial charge in [-0.1, -0.05) is 0 Å². The molecule has 0 amide bonds. The molecule has 0 aromatic heterocycles. The maximum absolute atomic E-state index is 11.2. The molecule has 0 bridgehead atoms. The van der Waals surface area contributed by atoms with E-state index in [1.165, 1.54) is 0 Å². The summed E-state index contributed by atoms with van der Waals surface area (Å²) in [6.45, 7) is 0.0236. The standard InChI is InChI=1S/C5H3FO3/c6-2-1-4-3-8-5(7)9-4/h4H,3H2. The van der Waals surface area contributed by atoms with E-state index in [0.29, 0.717) is 0 Å². The van der Waals surface area contributed by atoms with Crippen LogP contribution in [0.5, 0.6) is 0 Å². The monoisotopic (exact) mass is 130 g/mol. The van der Waals surface area contributed by atoms with Crippen LogP contribution in [-0.4, -0.2) is 18.9 Å². The summed E-state index contributed by atoms with van der Waals surface area (Å²) in [6, 6.07) is 0. The zero-order valence-electron chi connectivity index (χ0n) is 4.39. The third-order valence-corrected chi connectivity index (χ3v) is 0.807. The summed E-state index contributed by atoms with van der Waals surface area (Å²) >= 11 is 0. The van der Waals surface area contributed by atoms with Crippen molar-refractivity contribution in [3.05, 3.63) is 0 Å². The zero-order chi connectivity index (χ0) is 6.69. The Balaban J connectivity index is 2.45. The number of carbonyl (C=O) groups is 1. The van der Waals surface area contributed by atoms with E-state index in [1.807, 2.05) is 5.92 Å². The molecule has 1 saturated heterocycles. The van der Waals surface area contributed by atoms with E-state index < -0.39 is 12.3 Å². The van der Waals surface area contributed by atoms with Crippen molar-refractivity contribution < 1.29 is 18.7 Å². The zero-order valence-corrected chi connectivity index (χ0v) is 4.39. The Hall–Kier alpha value is -1.24. The molecule has 1 heterocycles. The first-order valence-electron chi connectivity index (χ1n) is 2.27. The van der Waals surface area contributed by atoms with Crippen molar-refractivity contribution in [3.8, 4) is 12.1 Å². The van der Waals surface area contributed by atoms with Gasteiger partial charge in [0.2, 0.25) is 6.10 Å². The number of carbonyl (C=O) groups excluding carboxylic acids is 1. The highest BCUT2D eigenvalue weighted by atomic mass is 19.1. The Kier molecular flexibility index (Phi) is 1.54. The average molecular weight is 130 g/mol. The summed E-state index contributed by atoms with van der Waals surface area (Å²) in [4.78, 5) is 10.1. The number of ether oxygens (including phenoxy) is 2. The molecule has 0 saturated carbocycles. The minimum atomic E-state index is -0.789. The lowest BCUT2D eigenvalue weighted by atomic mass is 10.4. The minimum absolute atomic E-state index is 0.0236. The molecular weight excluding hydrogens is 127 g/mol. The van der Waals surface area contributed by atoms with Gasteiger partial charge in [-0.05, 0) is 5.92 Å². The summed E-state index contributed by atoms with van der Waals surface area (Å²) < 4.78 is 19.8. The van der Waals surface area contributed by atoms with Crippen molar-refractivity contribution in [1.82, 2.24) is 0 Å². The van der Waals surface area contributed by atoms with Crippen LogP contribution in [0.3, 0.4) is 0 Å². The number of hydrogen-bond acceptors (Lipinski definition) is 3. The second-order valence-electron chi connectivity index (χ2n) is 1.41. The fraction of sp³-hybridized carbons (Fsp3) is 0.400. The molecule has 1 rings (SSSR count). The van der Waals surface area contributed by atoms with E-state index in [0.717, 1.165) is 6.17 Å². The first-order valence-corrected chi connectivity index (χ1v) is 2.27. The average Bonchev–Trinajstić information content (AvgIpc) is 2.17. The van der Waals surface area contributed by atoms with E-state index >= 15 is 0 Å². The molecule has 9 heavy (non-hydrogen) atoms. The Labute approximate surface area is 50.7 Å². The molecular formula is C5H3FO3. The molecule has 1 atom stereocenters. The lowest BCUT2D eigenvalue weighted by Gasteiger charge is -1.89. The molecule has 0 spiro atoms. The predicted molar refractivity (Wildman–Crippen MR) is 25.1 cm³/mol. The summed E-state index contributed by atoms with van der Waals surface area (Å²) in [7, 11) is 0. The van der Waals surface area contributed by atoms with Gasteiger partial charge in [0.15, 0.2) is 0 Å². The second kappa shape index (κ2) is 2.35. The van der Waals surface area contributed by atoms with Crippen molar-refractivity contribution in [2.75, 3.05) is 6.61 Å². The van der Waals surface area contributed by atoms with Crippen LogP contribution in [0.15, 0.2) is 0 Å². The fourth-order valence-electron chi connectivity index (χ4n) is 0.460. The summed E-state index contributed by atoms with van der Waals surface area (Å²) in [6.07, 6.45) is -0.386. The maximum atomic E-state index is 11.2. The maximum Gasteiger partial charge on any atom is 0.509 e. The van der Waals surface area contributed by atoms with Gasteiger partial charge in [-0.15, -0.1) is 4.39 Å². The van der Waals surface area contributed by atoms with Gasteiger partial charge in [-0.25, -0.2) is 4.79 Å². The highest BCUT2D eigenvalue weighted by molar-refractivity contribution is 5.62. The van der Waals surface area contributed by atoms with Crippen LogP contribution in [0.2, 0.25) is 0 Å². The molecule has 0 N–H and O–H groups in total. The minimum Gasteiger partial charge on any atom is -0.429 e.